The number of nitrogens with two attached hydrogens (primary N) is 1. The van der Waals surface area contributed by atoms with E-state index in [9.17, 15) is 10.1 Å². The van der Waals surface area contributed by atoms with Gasteiger partial charge in [-0.05, 0) is 29.8 Å². The summed E-state index contributed by atoms with van der Waals surface area (Å²) in [5.41, 5.74) is 9.75. The smallest absolute Gasteiger partial charge is 0.215 e. The van der Waals surface area contributed by atoms with Crippen LogP contribution in [0.1, 0.15) is 37.5 Å². The lowest BCUT2D eigenvalue weighted by Crippen LogP contribution is -2.46. The number of rotatable bonds is 5. The van der Waals surface area contributed by atoms with Crippen LogP contribution < -0.4 is 16.0 Å². The van der Waals surface area contributed by atoms with Gasteiger partial charge in [0, 0.05) is 47.3 Å². The molecule has 1 unspecified atom stereocenters. The Morgan fingerprint density at radius 3 is 2.71 bits per heavy atom. The molecule has 3 N–H and O–H groups in total. The second-order valence-electron chi connectivity index (χ2n) is 8.39. The Morgan fingerprint density at radius 2 is 1.89 bits per heavy atom. The van der Waals surface area contributed by atoms with Crippen molar-refractivity contribution in [2.45, 2.75) is 6.04 Å². The first-order chi connectivity index (χ1) is 17.1. The number of benzene rings is 2. The number of carbonyl (C=O) groups excluding carboxylic acids is 1. The molecule has 4 aromatic rings. The number of pyridine rings is 2. The maximum absolute atomic E-state index is 13.4. The van der Waals surface area contributed by atoms with E-state index in [4.69, 9.17) is 10.7 Å². The zero-order chi connectivity index (χ0) is 24.2. The van der Waals surface area contributed by atoms with Crippen molar-refractivity contribution >= 4 is 17.4 Å². The molecule has 1 fully saturated rings. The zero-order valence-electron chi connectivity index (χ0n) is 19.1. The van der Waals surface area contributed by atoms with Crippen LogP contribution in [-0.4, -0.2) is 35.4 Å². The molecule has 1 aliphatic heterocycles. The molecule has 35 heavy (non-hydrogen) atoms. The van der Waals surface area contributed by atoms with Crippen LogP contribution in [0.4, 0.5) is 11.6 Å². The van der Waals surface area contributed by atoms with Crippen LogP contribution in [0.5, 0.6) is 0 Å². The third-order valence-corrected chi connectivity index (χ3v) is 6.19. The number of piperazine rings is 1. The Hall–Kier alpha value is -4.54. The van der Waals surface area contributed by atoms with Crippen molar-refractivity contribution in [2.75, 3.05) is 30.3 Å². The van der Waals surface area contributed by atoms with E-state index >= 15 is 0 Å². The Balaban J connectivity index is 0.00000169. The van der Waals surface area contributed by atoms with Crippen molar-refractivity contribution in [3.05, 3.63) is 107 Å². The van der Waals surface area contributed by atoms with Gasteiger partial charge in [0.25, 0.3) is 0 Å². The molecule has 1 aliphatic rings. The summed E-state index contributed by atoms with van der Waals surface area (Å²) in [4.78, 5) is 24.6. The van der Waals surface area contributed by atoms with Crippen LogP contribution in [-0.2, 0) is 0 Å². The number of hydrogen-bond acceptors (Lipinski definition) is 7. The van der Waals surface area contributed by atoms with Crippen molar-refractivity contribution in [3.8, 4) is 17.2 Å². The van der Waals surface area contributed by atoms with Crippen LogP contribution in [0.15, 0.2) is 85.1 Å². The van der Waals surface area contributed by atoms with Gasteiger partial charge in [-0.1, -0.05) is 54.6 Å². The third kappa shape index (κ3) is 4.60. The van der Waals surface area contributed by atoms with E-state index in [-0.39, 0.29) is 27.5 Å². The minimum Gasteiger partial charge on any atom is -0.383 e. The minimum atomic E-state index is -0.303. The molecular formula is C28H30N6O. The molecule has 178 valence electrons. The van der Waals surface area contributed by atoms with Crippen LogP contribution in [0.25, 0.3) is 11.1 Å². The Bertz CT molecular complexity index is 1430. The van der Waals surface area contributed by atoms with Gasteiger partial charge in [0.2, 0.25) is 5.78 Å². The normalized spacial score (nSPS) is 15.4. The highest BCUT2D eigenvalue weighted by atomic mass is 16.1. The number of nitrogens with one attached hydrogen (secondary N) is 1. The molecule has 1 atom stereocenters. The molecule has 0 spiro atoms. The van der Waals surface area contributed by atoms with Crippen LogP contribution in [0.3, 0.4) is 0 Å². The van der Waals surface area contributed by atoms with Crippen molar-refractivity contribution in [3.63, 3.8) is 0 Å². The summed E-state index contributed by atoms with van der Waals surface area (Å²) in [6, 6.07) is 27.0. The summed E-state index contributed by atoms with van der Waals surface area (Å²) in [7, 11) is 0. The summed E-state index contributed by atoms with van der Waals surface area (Å²) in [6.45, 7) is 2.35. The largest absolute Gasteiger partial charge is 0.383 e. The van der Waals surface area contributed by atoms with E-state index in [0.29, 0.717) is 22.4 Å². The molecule has 0 bridgehead atoms. The molecule has 7 nitrogen and oxygen atoms in total. The number of nitrogens with zero attached hydrogens (tertiary/aromatic N) is 4. The van der Waals surface area contributed by atoms with Crippen LogP contribution >= 0.6 is 0 Å². The summed E-state index contributed by atoms with van der Waals surface area (Å²) >= 11 is 0. The molecule has 7 heteroatoms. The monoisotopic (exact) mass is 466 g/mol. The number of anilines is 2. The molecule has 0 radical (unpaired) electrons. The van der Waals surface area contributed by atoms with E-state index in [0.717, 1.165) is 25.5 Å². The molecule has 0 saturated carbocycles. The van der Waals surface area contributed by atoms with Crippen LogP contribution in [0, 0.1) is 11.3 Å². The summed E-state index contributed by atoms with van der Waals surface area (Å²) < 4.78 is 0. The lowest BCUT2D eigenvalue weighted by Gasteiger charge is -2.35. The zero-order valence-corrected chi connectivity index (χ0v) is 19.1. The Labute approximate surface area is 208 Å². The molecular weight excluding hydrogens is 436 g/mol. The fourth-order valence-electron chi connectivity index (χ4n) is 4.37. The summed E-state index contributed by atoms with van der Waals surface area (Å²) in [5, 5.41) is 13.0. The van der Waals surface area contributed by atoms with Gasteiger partial charge in [-0.2, -0.15) is 5.26 Å². The second-order valence-corrected chi connectivity index (χ2v) is 8.39. The predicted molar refractivity (Wildman–Crippen MR) is 142 cm³/mol. The number of nitrogen functional groups attached to an aromatic ring is 1. The van der Waals surface area contributed by atoms with Gasteiger partial charge in [-0.15, -0.1) is 0 Å². The number of hydrogen-bond donors (Lipinski definition) is 2. The van der Waals surface area contributed by atoms with E-state index in [1.165, 1.54) is 5.56 Å². The van der Waals surface area contributed by atoms with Crippen molar-refractivity contribution in [1.29, 1.82) is 5.26 Å². The average molecular weight is 467 g/mol. The maximum Gasteiger partial charge on any atom is 0.215 e. The Kier molecular flexibility index (Phi) is 6.20. The van der Waals surface area contributed by atoms with E-state index < -0.39 is 0 Å². The van der Waals surface area contributed by atoms with Crippen molar-refractivity contribution in [1.82, 2.24) is 15.3 Å². The molecule has 0 aliphatic carbocycles. The van der Waals surface area contributed by atoms with Gasteiger partial charge in [0.05, 0.1) is 17.2 Å². The first kappa shape index (κ1) is 22.3. The third-order valence-electron chi connectivity index (χ3n) is 6.19. The summed E-state index contributed by atoms with van der Waals surface area (Å²) in [5.74, 6) is 0.574. The molecule has 5 rings (SSSR count). The number of aromatic nitrogens is 2. The highest BCUT2D eigenvalue weighted by Gasteiger charge is 2.23. The highest BCUT2D eigenvalue weighted by Crippen LogP contribution is 2.27. The first-order valence-electron chi connectivity index (χ1n) is 11.4. The predicted octanol–water partition coefficient (Wildman–Crippen LogP) is 4.72. The topological polar surface area (TPSA) is 108 Å². The molecule has 3 heterocycles. The quantitative estimate of drug-likeness (QED) is 0.410. The molecule has 0 amide bonds. The van der Waals surface area contributed by atoms with Crippen molar-refractivity contribution < 1.29 is 9.07 Å². The van der Waals surface area contributed by atoms with E-state index in [1.807, 2.05) is 42.5 Å². The van der Waals surface area contributed by atoms with Gasteiger partial charge in [0.15, 0.2) is 0 Å². The van der Waals surface area contributed by atoms with Crippen LogP contribution in [0.2, 0.25) is 0 Å². The van der Waals surface area contributed by atoms with Gasteiger partial charge in [-0.3, -0.25) is 4.79 Å². The number of nitriles is 1. The van der Waals surface area contributed by atoms with Gasteiger partial charge in [0.1, 0.15) is 17.3 Å². The standard InChI is InChI=1S/C28H24N6O.3H2/c29-16-20-9-4-5-10-22(20)21-15-23(28(30)32-17-21)27(35)24-11-6-12-26(33-24)34-14-13-31-25(18-34)19-7-2-1-3-8-19;;;/h1-12,15,17,25,31H,13-14,18H2,(H2,30,32);3*1H. The number of ketones is 1. The lowest BCUT2D eigenvalue weighted by molar-refractivity contribution is 0.103. The first-order valence-corrected chi connectivity index (χ1v) is 11.4. The number of carbonyl (C=O) groups is 1. The minimum absolute atomic E-state index is 0. The highest BCUT2D eigenvalue weighted by molar-refractivity contribution is 6.11. The van der Waals surface area contributed by atoms with E-state index in [2.05, 4.69) is 33.4 Å². The van der Waals surface area contributed by atoms with Gasteiger partial charge >= 0.3 is 0 Å². The van der Waals surface area contributed by atoms with Crippen molar-refractivity contribution in [2.24, 2.45) is 0 Å². The maximum atomic E-state index is 13.4. The lowest BCUT2D eigenvalue weighted by atomic mass is 9.98. The van der Waals surface area contributed by atoms with E-state index in [1.54, 1.807) is 30.5 Å². The SMILES string of the molecule is N#Cc1ccccc1-c1cnc(N)c(C(=O)c2cccc(N3CCNC(c4ccccc4)C3)n2)c1.[HH].[HH].[HH]. The average Bonchev–Trinajstić information content (AvgIpc) is 2.93. The fourth-order valence-corrected chi connectivity index (χ4v) is 4.37. The van der Waals surface area contributed by atoms with Gasteiger partial charge in [-0.25, -0.2) is 9.97 Å². The Morgan fingerprint density at radius 1 is 1.09 bits per heavy atom. The second kappa shape index (κ2) is 9.75. The molecule has 2 aromatic carbocycles. The molecule has 1 saturated heterocycles. The molecule has 2 aromatic heterocycles. The fraction of sp³-hybridized carbons (Fsp3) is 0.143. The summed E-state index contributed by atoms with van der Waals surface area (Å²) in [6.07, 6.45) is 1.58. The van der Waals surface area contributed by atoms with Gasteiger partial charge < -0.3 is 16.0 Å².